The van der Waals surface area contributed by atoms with Crippen LogP contribution in [0.2, 0.25) is 0 Å². The van der Waals surface area contributed by atoms with Crippen molar-refractivity contribution in [2.24, 2.45) is 5.92 Å². The maximum atomic E-state index is 12.3. The van der Waals surface area contributed by atoms with Crippen LogP contribution < -0.4 is 5.32 Å². The molecular formula is C14H22N2O5. The van der Waals surface area contributed by atoms with E-state index in [4.69, 9.17) is 9.84 Å². The van der Waals surface area contributed by atoms with Crippen molar-refractivity contribution in [3.05, 3.63) is 0 Å². The number of likely N-dealkylation sites (tertiary alicyclic amines) is 1. The molecule has 0 aromatic carbocycles. The molecule has 0 spiro atoms. The topological polar surface area (TPSA) is 95.9 Å². The lowest BCUT2D eigenvalue weighted by Gasteiger charge is -2.33. The molecule has 0 aromatic rings. The van der Waals surface area contributed by atoms with Crippen molar-refractivity contribution in [2.45, 2.75) is 44.8 Å². The van der Waals surface area contributed by atoms with Crippen molar-refractivity contribution >= 4 is 17.8 Å². The molecule has 2 aliphatic heterocycles. The van der Waals surface area contributed by atoms with Gasteiger partial charge in [0.25, 0.3) is 5.91 Å². The second-order valence-corrected chi connectivity index (χ2v) is 5.73. The highest BCUT2D eigenvalue weighted by Crippen LogP contribution is 2.24. The molecule has 2 atom stereocenters. The summed E-state index contributed by atoms with van der Waals surface area (Å²) in [6.45, 7) is 3.43. The quantitative estimate of drug-likeness (QED) is 0.761. The van der Waals surface area contributed by atoms with E-state index in [0.717, 1.165) is 12.8 Å². The normalized spacial score (nSPS) is 26.6. The van der Waals surface area contributed by atoms with Crippen LogP contribution in [0.1, 0.15) is 32.6 Å². The smallest absolute Gasteiger partial charge is 0.332 e. The standard InChI is InChI=1S/C14H22N2O5/c1-9(17)15-8-10-4-6-16(7-5-10)13(18)11-2-3-12(21-11)14(19)20/h10-12H,2-8H2,1H3,(H,15,17)(H,19,20). The number of hydrogen-bond acceptors (Lipinski definition) is 4. The zero-order chi connectivity index (χ0) is 15.4. The van der Waals surface area contributed by atoms with Gasteiger partial charge in [0.05, 0.1) is 0 Å². The van der Waals surface area contributed by atoms with Gasteiger partial charge < -0.3 is 20.1 Å². The van der Waals surface area contributed by atoms with E-state index >= 15 is 0 Å². The summed E-state index contributed by atoms with van der Waals surface area (Å²) in [6.07, 6.45) is 1.10. The first-order valence-corrected chi connectivity index (χ1v) is 7.39. The molecule has 2 aliphatic rings. The molecule has 2 amide bonds. The molecule has 7 nitrogen and oxygen atoms in total. The molecule has 2 heterocycles. The van der Waals surface area contributed by atoms with Gasteiger partial charge in [0.2, 0.25) is 5.91 Å². The Hall–Kier alpha value is -1.63. The maximum Gasteiger partial charge on any atom is 0.332 e. The Morgan fingerprint density at radius 1 is 1.14 bits per heavy atom. The van der Waals surface area contributed by atoms with E-state index in [-0.39, 0.29) is 11.8 Å². The van der Waals surface area contributed by atoms with Crippen molar-refractivity contribution < 1.29 is 24.2 Å². The van der Waals surface area contributed by atoms with E-state index in [1.165, 1.54) is 6.92 Å². The van der Waals surface area contributed by atoms with Crippen LogP contribution >= 0.6 is 0 Å². The molecule has 0 radical (unpaired) electrons. The second-order valence-electron chi connectivity index (χ2n) is 5.73. The molecule has 2 fully saturated rings. The van der Waals surface area contributed by atoms with Crippen LogP contribution in [0, 0.1) is 5.92 Å². The first-order chi connectivity index (χ1) is 9.97. The first-order valence-electron chi connectivity index (χ1n) is 7.39. The summed E-state index contributed by atoms with van der Waals surface area (Å²) in [4.78, 5) is 35.7. The third-order valence-corrected chi connectivity index (χ3v) is 4.14. The minimum atomic E-state index is -1.00. The largest absolute Gasteiger partial charge is 0.479 e. The number of rotatable bonds is 4. The predicted octanol–water partition coefficient (Wildman–Crippen LogP) is -0.00670. The van der Waals surface area contributed by atoms with Crippen LogP contribution in [0.25, 0.3) is 0 Å². The Morgan fingerprint density at radius 2 is 1.76 bits per heavy atom. The van der Waals surface area contributed by atoms with Crippen molar-refractivity contribution in [2.75, 3.05) is 19.6 Å². The molecule has 2 unspecified atom stereocenters. The number of amides is 2. The van der Waals surface area contributed by atoms with Gasteiger partial charge in [0, 0.05) is 26.6 Å². The molecular weight excluding hydrogens is 276 g/mol. The first kappa shape index (κ1) is 15.8. The van der Waals surface area contributed by atoms with Gasteiger partial charge in [-0.05, 0) is 31.6 Å². The molecule has 0 bridgehead atoms. The molecule has 7 heteroatoms. The van der Waals surface area contributed by atoms with Gasteiger partial charge in [-0.2, -0.15) is 0 Å². The highest BCUT2D eigenvalue weighted by atomic mass is 16.5. The molecule has 2 saturated heterocycles. The van der Waals surface area contributed by atoms with Crippen LogP contribution in [0.4, 0.5) is 0 Å². The summed E-state index contributed by atoms with van der Waals surface area (Å²) in [6, 6.07) is 0. The number of carboxylic acid groups (broad SMARTS) is 1. The number of hydrogen-bond donors (Lipinski definition) is 2. The van der Waals surface area contributed by atoms with Crippen LogP contribution in [-0.4, -0.2) is 59.6 Å². The van der Waals surface area contributed by atoms with Crippen molar-refractivity contribution in [1.29, 1.82) is 0 Å². The van der Waals surface area contributed by atoms with Gasteiger partial charge in [-0.25, -0.2) is 4.79 Å². The average molecular weight is 298 g/mol. The van der Waals surface area contributed by atoms with Gasteiger partial charge in [0.15, 0.2) is 6.10 Å². The molecule has 0 aliphatic carbocycles. The third kappa shape index (κ3) is 4.17. The van der Waals surface area contributed by atoms with Crippen molar-refractivity contribution in [1.82, 2.24) is 10.2 Å². The van der Waals surface area contributed by atoms with Crippen LogP contribution in [-0.2, 0) is 19.1 Å². The zero-order valence-corrected chi connectivity index (χ0v) is 12.2. The maximum absolute atomic E-state index is 12.3. The highest BCUT2D eigenvalue weighted by Gasteiger charge is 2.37. The van der Waals surface area contributed by atoms with Gasteiger partial charge in [0.1, 0.15) is 6.10 Å². The molecule has 0 aromatic heterocycles. The molecule has 118 valence electrons. The minimum absolute atomic E-state index is 0.0347. The summed E-state index contributed by atoms with van der Waals surface area (Å²) in [5.74, 6) is -0.738. The number of nitrogens with zero attached hydrogens (tertiary/aromatic N) is 1. The van der Waals surface area contributed by atoms with E-state index in [9.17, 15) is 14.4 Å². The van der Waals surface area contributed by atoms with Crippen LogP contribution in [0.3, 0.4) is 0 Å². The Balaban J connectivity index is 1.76. The van der Waals surface area contributed by atoms with Gasteiger partial charge >= 0.3 is 5.97 Å². The SMILES string of the molecule is CC(=O)NCC1CCN(C(=O)C2CCC(C(=O)O)O2)CC1. The molecule has 21 heavy (non-hydrogen) atoms. The van der Waals surface area contributed by atoms with Gasteiger partial charge in [-0.15, -0.1) is 0 Å². The average Bonchev–Trinajstić information content (AvgIpc) is 2.95. The van der Waals surface area contributed by atoms with Crippen molar-refractivity contribution in [3.8, 4) is 0 Å². The lowest BCUT2D eigenvalue weighted by Crippen LogP contribution is -2.45. The molecule has 2 N–H and O–H groups in total. The van der Waals surface area contributed by atoms with Crippen LogP contribution in [0.5, 0.6) is 0 Å². The van der Waals surface area contributed by atoms with E-state index in [2.05, 4.69) is 5.32 Å². The second kappa shape index (κ2) is 6.89. The fourth-order valence-electron chi connectivity index (χ4n) is 2.85. The zero-order valence-electron chi connectivity index (χ0n) is 12.2. The predicted molar refractivity (Wildman–Crippen MR) is 73.5 cm³/mol. The highest BCUT2D eigenvalue weighted by molar-refractivity contribution is 5.82. The van der Waals surface area contributed by atoms with Crippen LogP contribution in [0.15, 0.2) is 0 Å². The fraction of sp³-hybridized carbons (Fsp3) is 0.786. The molecule has 2 rings (SSSR count). The Morgan fingerprint density at radius 3 is 2.29 bits per heavy atom. The number of piperidine rings is 1. The van der Waals surface area contributed by atoms with E-state index < -0.39 is 18.2 Å². The van der Waals surface area contributed by atoms with E-state index in [0.29, 0.717) is 38.4 Å². The number of ether oxygens (including phenoxy) is 1. The Kier molecular flexibility index (Phi) is 5.17. The summed E-state index contributed by atoms with van der Waals surface area (Å²) in [7, 11) is 0. The lowest BCUT2D eigenvalue weighted by atomic mass is 9.96. The van der Waals surface area contributed by atoms with E-state index in [1.807, 2.05) is 0 Å². The summed E-state index contributed by atoms with van der Waals surface area (Å²) >= 11 is 0. The summed E-state index contributed by atoms with van der Waals surface area (Å²) < 4.78 is 5.30. The number of carboxylic acids is 1. The number of carbonyl (C=O) groups excluding carboxylic acids is 2. The van der Waals surface area contributed by atoms with Gasteiger partial charge in [-0.3, -0.25) is 9.59 Å². The Labute approximate surface area is 123 Å². The van der Waals surface area contributed by atoms with E-state index in [1.54, 1.807) is 4.90 Å². The number of aliphatic carboxylic acids is 1. The molecule has 0 saturated carbocycles. The fourth-order valence-corrected chi connectivity index (χ4v) is 2.85. The number of carbonyl (C=O) groups is 3. The third-order valence-electron chi connectivity index (χ3n) is 4.14. The number of nitrogens with one attached hydrogen (secondary N) is 1. The Bertz CT molecular complexity index is 418. The minimum Gasteiger partial charge on any atom is -0.479 e. The van der Waals surface area contributed by atoms with Crippen molar-refractivity contribution in [3.63, 3.8) is 0 Å². The van der Waals surface area contributed by atoms with Gasteiger partial charge in [-0.1, -0.05) is 0 Å². The summed E-state index contributed by atoms with van der Waals surface area (Å²) in [5.41, 5.74) is 0. The monoisotopic (exact) mass is 298 g/mol. The summed E-state index contributed by atoms with van der Waals surface area (Å²) in [5, 5.41) is 11.7. The lowest BCUT2D eigenvalue weighted by molar-refractivity contribution is -0.155.